The van der Waals surface area contributed by atoms with Crippen molar-refractivity contribution in [2.45, 2.75) is 57.5 Å². The van der Waals surface area contributed by atoms with Gasteiger partial charge in [0, 0.05) is 6.04 Å². The standard InChI is InChI=1S/C17H25FN2O3S/c1-3-16(17(21)19-14-7-5-4-6-8-14)20(24(2,22)23)15-11-9-13(18)10-12-15/h9-12,14,16H,3-8H2,1-2H3,(H,19,21). The van der Waals surface area contributed by atoms with Gasteiger partial charge in [-0.2, -0.15) is 0 Å². The molecule has 0 aromatic heterocycles. The van der Waals surface area contributed by atoms with Crippen molar-refractivity contribution in [1.29, 1.82) is 0 Å². The summed E-state index contributed by atoms with van der Waals surface area (Å²) in [4.78, 5) is 12.7. The van der Waals surface area contributed by atoms with Gasteiger partial charge < -0.3 is 5.32 Å². The zero-order valence-electron chi connectivity index (χ0n) is 14.2. The first kappa shape index (κ1) is 18.7. The molecule has 1 atom stereocenters. The van der Waals surface area contributed by atoms with Crippen molar-refractivity contribution in [1.82, 2.24) is 5.32 Å². The van der Waals surface area contributed by atoms with Gasteiger partial charge in [-0.25, -0.2) is 12.8 Å². The third kappa shape index (κ3) is 4.69. The van der Waals surface area contributed by atoms with Crippen LogP contribution in [0.15, 0.2) is 24.3 Å². The van der Waals surface area contributed by atoms with Crippen LogP contribution in [0, 0.1) is 5.82 Å². The van der Waals surface area contributed by atoms with E-state index in [2.05, 4.69) is 5.32 Å². The van der Waals surface area contributed by atoms with Gasteiger partial charge in [0.05, 0.1) is 11.9 Å². The molecule has 7 heteroatoms. The summed E-state index contributed by atoms with van der Waals surface area (Å²) in [6.45, 7) is 1.77. The van der Waals surface area contributed by atoms with Crippen LogP contribution in [0.2, 0.25) is 0 Å². The highest BCUT2D eigenvalue weighted by molar-refractivity contribution is 7.92. The van der Waals surface area contributed by atoms with Gasteiger partial charge in [-0.15, -0.1) is 0 Å². The Morgan fingerprint density at radius 3 is 2.33 bits per heavy atom. The lowest BCUT2D eigenvalue weighted by Gasteiger charge is -2.32. The summed E-state index contributed by atoms with van der Waals surface area (Å²) in [6, 6.07) is 4.42. The first-order chi connectivity index (χ1) is 11.3. The molecule has 1 saturated carbocycles. The van der Waals surface area contributed by atoms with Crippen molar-refractivity contribution in [3.63, 3.8) is 0 Å². The Bertz CT molecular complexity index is 655. The van der Waals surface area contributed by atoms with Gasteiger partial charge in [0.15, 0.2) is 0 Å². The second-order valence-electron chi connectivity index (χ2n) is 6.30. The fourth-order valence-corrected chi connectivity index (χ4v) is 4.40. The topological polar surface area (TPSA) is 66.5 Å². The molecule has 1 aromatic rings. The molecule has 0 heterocycles. The van der Waals surface area contributed by atoms with Gasteiger partial charge in [0.2, 0.25) is 15.9 Å². The number of carbonyl (C=O) groups is 1. The Morgan fingerprint density at radius 1 is 1.25 bits per heavy atom. The third-order valence-corrected chi connectivity index (χ3v) is 5.54. The lowest BCUT2D eigenvalue weighted by Crippen LogP contribution is -2.51. The minimum Gasteiger partial charge on any atom is -0.352 e. The maximum Gasteiger partial charge on any atom is 0.244 e. The van der Waals surface area contributed by atoms with Gasteiger partial charge in [-0.05, 0) is 43.5 Å². The van der Waals surface area contributed by atoms with Crippen molar-refractivity contribution in [3.05, 3.63) is 30.1 Å². The number of amides is 1. The molecule has 0 bridgehead atoms. The number of carbonyl (C=O) groups excluding carboxylic acids is 1. The van der Waals surface area contributed by atoms with Crippen LogP contribution in [0.1, 0.15) is 45.4 Å². The second-order valence-corrected chi connectivity index (χ2v) is 8.16. The van der Waals surface area contributed by atoms with Crippen LogP contribution < -0.4 is 9.62 Å². The number of benzene rings is 1. The van der Waals surface area contributed by atoms with Crippen molar-refractivity contribution >= 4 is 21.6 Å². The lowest BCUT2D eigenvalue weighted by atomic mass is 9.95. The summed E-state index contributed by atoms with van der Waals surface area (Å²) in [6.07, 6.45) is 6.59. The van der Waals surface area contributed by atoms with Gasteiger partial charge >= 0.3 is 0 Å². The Labute approximate surface area is 143 Å². The fourth-order valence-electron chi connectivity index (χ4n) is 3.19. The van der Waals surface area contributed by atoms with Crippen molar-refractivity contribution < 1.29 is 17.6 Å². The SMILES string of the molecule is CCC(C(=O)NC1CCCCC1)N(c1ccc(F)cc1)S(C)(=O)=O. The zero-order chi connectivity index (χ0) is 17.7. The van der Waals surface area contributed by atoms with E-state index in [4.69, 9.17) is 0 Å². The Hall–Kier alpha value is -1.63. The van der Waals surface area contributed by atoms with E-state index in [-0.39, 0.29) is 11.9 Å². The largest absolute Gasteiger partial charge is 0.352 e. The minimum absolute atomic E-state index is 0.106. The average Bonchev–Trinajstić information content (AvgIpc) is 2.53. The average molecular weight is 356 g/mol. The number of nitrogens with one attached hydrogen (secondary N) is 1. The summed E-state index contributed by atoms with van der Waals surface area (Å²) >= 11 is 0. The molecular formula is C17H25FN2O3S. The number of nitrogens with zero attached hydrogens (tertiary/aromatic N) is 1. The molecule has 1 aliphatic rings. The highest BCUT2D eigenvalue weighted by Gasteiger charge is 2.32. The number of hydrogen-bond acceptors (Lipinski definition) is 3. The van der Waals surface area contributed by atoms with Crippen LogP contribution in [0.5, 0.6) is 0 Å². The molecule has 1 aliphatic carbocycles. The number of halogens is 1. The predicted molar refractivity (Wildman–Crippen MR) is 92.8 cm³/mol. The smallest absolute Gasteiger partial charge is 0.244 e. The Balaban J connectivity index is 2.24. The van der Waals surface area contributed by atoms with Crippen LogP contribution in [-0.2, 0) is 14.8 Å². The molecule has 0 radical (unpaired) electrons. The number of sulfonamides is 1. The highest BCUT2D eigenvalue weighted by Crippen LogP contribution is 2.24. The molecule has 1 amide bonds. The molecule has 24 heavy (non-hydrogen) atoms. The van der Waals surface area contributed by atoms with E-state index < -0.39 is 21.9 Å². The van der Waals surface area contributed by atoms with Crippen LogP contribution in [0.4, 0.5) is 10.1 Å². The number of rotatable bonds is 6. The van der Waals surface area contributed by atoms with Crippen LogP contribution in [0.3, 0.4) is 0 Å². The van der Waals surface area contributed by atoms with Crippen LogP contribution in [0.25, 0.3) is 0 Å². The molecule has 1 aromatic carbocycles. The minimum atomic E-state index is -3.68. The first-order valence-corrected chi connectivity index (χ1v) is 10.2. The highest BCUT2D eigenvalue weighted by atomic mass is 32.2. The normalized spacial score (nSPS) is 17.3. The van der Waals surface area contributed by atoms with Crippen molar-refractivity contribution in [3.8, 4) is 0 Å². The lowest BCUT2D eigenvalue weighted by molar-refractivity contribution is -0.123. The fraction of sp³-hybridized carbons (Fsp3) is 0.588. The molecular weight excluding hydrogens is 331 g/mol. The van der Waals surface area contributed by atoms with Gasteiger partial charge in [0.1, 0.15) is 11.9 Å². The number of anilines is 1. The van der Waals surface area contributed by atoms with E-state index in [1.165, 1.54) is 30.7 Å². The summed E-state index contributed by atoms with van der Waals surface area (Å²) in [5.74, 6) is -0.744. The van der Waals surface area contributed by atoms with Crippen LogP contribution in [-0.4, -0.2) is 32.7 Å². The predicted octanol–water partition coefficient (Wildman–Crippen LogP) is 2.82. The molecule has 0 spiro atoms. The molecule has 2 rings (SSSR count). The molecule has 1 unspecified atom stereocenters. The summed E-state index contributed by atoms with van der Waals surface area (Å²) in [7, 11) is -3.68. The molecule has 1 fully saturated rings. The summed E-state index contributed by atoms with van der Waals surface area (Å²) in [5, 5.41) is 2.98. The van der Waals surface area contributed by atoms with E-state index in [9.17, 15) is 17.6 Å². The second kappa shape index (κ2) is 7.96. The van der Waals surface area contributed by atoms with Gasteiger partial charge in [-0.1, -0.05) is 26.2 Å². The number of hydrogen-bond donors (Lipinski definition) is 1. The third-order valence-electron chi connectivity index (χ3n) is 4.36. The molecule has 0 saturated heterocycles. The van der Waals surface area contributed by atoms with E-state index >= 15 is 0 Å². The maximum absolute atomic E-state index is 13.1. The van der Waals surface area contributed by atoms with Gasteiger partial charge in [0.25, 0.3) is 0 Å². The monoisotopic (exact) mass is 356 g/mol. The van der Waals surface area contributed by atoms with Gasteiger partial charge in [-0.3, -0.25) is 9.10 Å². The van der Waals surface area contributed by atoms with Crippen molar-refractivity contribution in [2.24, 2.45) is 0 Å². The summed E-state index contributed by atoms with van der Waals surface area (Å²) in [5.41, 5.74) is 0.296. The van der Waals surface area contributed by atoms with Crippen LogP contribution >= 0.6 is 0 Å². The van der Waals surface area contributed by atoms with E-state index in [1.54, 1.807) is 6.92 Å². The molecule has 1 N–H and O–H groups in total. The Kier molecular flexibility index (Phi) is 6.21. The summed E-state index contributed by atoms with van der Waals surface area (Å²) < 4.78 is 38.8. The van der Waals surface area contributed by atoms with E-state index in [0.717, 1.165) is 36.2 Å². The maximum atomic E-state index is 13.1. The van der Waals surface area contributed by atoms with Crippen molar-refractivity contribution in [2.75, 3.05) is 10.6 Å². The molecule has 5 nitrogen and oxygen atoms in total. The zero-order valence-corrected chi connectivity index (χ0v) is 15.0. The quantitative estimate of drug-likeness (QED) is 0.852. The van der Waals surface area contributed by atoms with E-state index in [1.807, 2.05) is 0 Å². The first-order valence-electron chi connectivity index (χ1n) is 8.38. The molecule has 0 aliphatic heterocycles. The molecule has 134 valence electrons. The van der Waals surface area contributed by atoms with E-state index in [0.29, 0.717) is 12.1 Å². The Morgan fingerprint density at radius 2 is 1.83 bits per heavy atom.